The van der Waals surface area contributed by atoms with Crippen LogP contribution in [0.2, 0.25) is 5.02 Å². The lowest BCUT2D eigenvalue weighted by molar-refractivity contribution is -0.134. The number of hydrogen-bond acceptors (Lipinski definition) is 4. The van der Waals surface area contributed by atoms with Crippen LogP contribution in [0.25, 0.3) is 0 Å². The summed E-state index contributed by atoms with van der Waals surface area (Å²) < 4.78 is 6.04. The molecule has 2 heterocycles. The molecule has 1 N–H and O–H groups in total. The number of ether oxygens (including phenoxy) is 1. The Hall–Kier alpha value is -1.79. The van der Waals surface area contributed by atoms with Crippen molar-refractivity contribution in [3.05, 3.63) is 28.8 Å². The van der Waals surface area contributed by atoms with Crippen molar-refractivity contribution in [2.75, 3.05) is 27.2 Å². The zero-order chi connectivity index (χ0) is 20.5. The number of nitrogens with one attached hydrogen (secondary N) is 1. The van der Waals surface area contributed by atoms with Crippen LogP contribution in [0.1, 0.15) is 51.5 Å². The van der Waals surface area contributed by atoms with E-state index in [0.717, 1.165) is 32.2 Å². The molecule has 1 spiro atoms. The Bertz CT molecular complexity index is 765. The number of nitrogens with zero attached hydrogens (tertiary/aromatic N) is 2. The predicted octanol–water partition coefficient (Wildman–Crippen LogP) is 3.77. The summed E-state index contributed by atoms with van der Waals surface area (Å²) >= 11 is 6.19. The second-order valence-electron chi connectivity index (χ2n) is 8.69. The molecule has 1 unspecified atom stereocenters. The first-order valence-electron chi connectivity index (χ1n) is 9.92. The van der Waals surface area contributed by atoms with E-state index < -0.39 is 11.1 Å². The van der Waals surface area contributed by atoms with Crippen molar-refractivity contribution in [2.45, 2.75) is 57.1 Å². The fourth-order valence-electron chi connectivity index (χ4n) is 4.18. The van der Waals surface area contributed by atoms with Crippen LogP contribution in [0.3, 0.4) is 0 Å². The van der Waals surface area contributed by atoms with Gasteiger partial charge in [0.05, 0.1) is 0 Å². The number of carbonyl (C=O) groups excluding carboxylic acids is 2. The highest BCUT2D eigenvalue weighted by molar-refractivity contribution is 6.30. The first kappa shape index (κ1) is 20.9. The minimum atomic E-state index is -1.11. The van der Waals surface area contributed by atoms with Crippen molar-refractivity contribution in [1.29, 1.82) is 0 Å². The summed E-state index contributed by atoms with van der Waals surface area (Å²) in [4.78, 5) is 29.6. The number of urea groups is 1. The molecule has 1 aromatic carbocycles. The van der Waals surface area contributed by atoms with Crippen molar-refractivity contribution < 1.29 is 14.3 Å². The Balaban J connectivity index is 1.74. The molecule has 0 bridgehead atoms. The van der Waals surface area contributed by atoms with Crippen molar-refractivity contribution in [1.82, 2.24) is 15.1 Å². The maximum absolute atomic E-state index is 13.4. The van der Waals surface area contributed by atoms with Gasteiger partial charge in [-0.05, 0) is 65.5 Å². The third kappa shape index (κ3) is 4.13. The highest BCUT2D eigenvalue weighted by Crippen LogP contribution is 2.47. The van der Waals surface area contributed by atoms with E-state index >= 15 is 0 Å². The number of benzene rings is 1. The zero-order valence-corrected chi connectivity index (χ0v) is 17.9. The maximum atomic E-state index is 13.4. The average Bonchev–Trinajstić information content (AvgIpc) is 2.82. The average molecular weight is 408 g/mol. The molecule has 1 fully saturated rings. The Morgan fingerprint density at radius 1 is 1.18 bits per heavy atom. The number of hydrogen-bond donors (Lipinski definition) is 1. The third-order valence-corrected chi connectivity index (χ3v) is 5.63. The molecule has 1 aromatic rings. The van der Waals surface area contributed by atoms with Gasteiger partial charge < -0.3 is 15.0 Å². The van der Waals surface area contributed by atoms with Gasteiger partial charge in [0.15, 0.2) is 5.54 Å². The van der Waals surface area contributed by atoms with Gasteiger partial charge in [-0.15, -0.1) is 0 Å². The van der Waals surface area contributed by atoms with Crippen LogP contribution in [-0.2, 0) is 10.3 Å². The van der Waals surface area contributed by atoms with E-state index in [1.165, 1.54) is 4.90 Å². The molecule has 7 heteroatoms. The SMILES string of the molecule is CN(C)CCCCCCN1C(=O)NC2(CC(C)(C)Oc3ccc(Cl)cc32)C1=O. The van der Waals surface area contributed by atoms with Crippen molar-refractivity contribution in [3.8, 4) is 5.75 Å². The van der Waals surface area contributed by atoms with Crippen LogP contribution in [0.5, 0.6) is 5.75 Å². The molecule has 1 atom stereocenters. The lowest BCUT2D eigenvalue weighted by Crippen LogP contribution is -2.53. The summed E-state index contributed by atoms with van der Waals surface area (Å²) in [7, 11) is 4.12. The van der Waals surface area contributed by atoms with Crippen molar-refractivity contribution >= 4 is 23.5 Å². The lowest BCUT2D eigenvalue weighted by atomic mass is 9.77. The van der Waals surface area contributed by atoms with Crippen LogP contribution >= 0.6 is 11.6 Å². The Labute approximate surface area is 172 Å². The first-order valence-corrected chi connectivity index (χ1v) is 10.3. The Morgan fingerprint density at radius 2 is 1.89 bits per heavy atom. The largest absolute Gasteiger partial charge is 0.487 e. The van der Waals surface area contributed by atoms with Gasteiger partial charge in [0.25, 0.3) is 5.91 Å². The topological polar surface area (TPSA) is 61.9 Å². The van der Waals surface area contributed by atoms with Gasteiger partial charge in [0, 0.05) is 23.6 Å². The molecule has 3 amide bonds. The molecule has 0 saturated carbocycles. The predicted molar refractivity (Wildman–Crippen MR) is 110 cm³/mol. The third-order valence-electron chi connectivity index (χ3n) is 5.39. The van der Waals surface area contributed by atoms with E-state index in [4.69, 9.17) is 16.3 Å². The number of amides is 3. The second-order valence-corrected chi connectivity index (χ2v) is 9.13. The van der Waals surface area contributed by atoms with Crippen LogP contribution in [0, 0.1) is 0 Å². The van der Waals surface area contributed by atoms with Gasteiger partial charge in [-0.25, -0.2) is 4.79 Å². The molecule has 0 radical (unpaired) electrons. The van der Waals surface area contributed by atoms with Crippen LogP contribution < -0.4 is 10.1 Å². The molecule has 154 valence electrons. The number of imide groups is 1. The fraction of sp³-hybridized carbons (Fsp3) is 0.619. The van der Waals surface area contributed by atoms with Gasteiger partial charge in [0.1, 0.15) is 11.4 Å². The van der Waals surface area contributed by atoms with Crippen molar-refractivity contribution in [2.24, 2.45) is 0 Å². The molecule has 1 saturated heterocycles. The summed E-state index contributed by atoms with van der Waals surface area (Å²) in [5.74, 6) is 0.394. The number of carbonyl (C=O) groups is 2. The molecule has 28 heavy (non-hydrogen) atoms. The summed E-state index contributed by atoms with van der Waals surface area (Å²) in [5.41, 5.74) is -1.04. The van der Waals surface area contributed by atoms with Crippen LogP contribution in [-0.4, -0.2) is 54.5 Å². The van der Waals surface area contributed by atoms with E-state index in [2.05, 4.69) is 24.3 Å². The number of unbranched alkanes of at least 4 members (excludes halogenated alkanes) is 3. The van der Waals surface area contributed by atoms with E-state index in [0.29, 0.717) is 29.3 Å². The fourth-order valence-corrected chi connectivity index (χ4v) is 4.35. The zero-order valence-electron chi connectivity index (χ0n) is 17.2. The smallest absolute Gasteiger partial charge is 0.325 e. The van der Waals surface area contributed by atoms with Gasteiger partial charge >= 0.3 is 6.03 Å². The normalized spacial score (nSPS) is 23.1. The van der Waals surface area contributed by atoms with Crippen LogP contribution in [0.15, 0.2) is 18.2 Å². The molecule has 0 aromatic heterocycles. The Kier molecular flexibility index (Phi) is 5.92. The van der Waals surface area contributed by atoms with E-state index in [9.17, 15) is 9.59 Å². The summed E-state index contributed by atoms with van der Waals surface area (Å²) in [5, 5.41) is 3.48. The maximum Gasteiger partial charge on any atom is 0.325 e. The summed E-state index contributed by atoms with van der Waals surface area (Å²) in [6, 6.07) is 4.91. The Morgan fingerprint density at radius 3 is 2.61 bits per heavy atom. The standard InChI is InChI=1S/C21H30ClN3O3/c1-20(2)14-21(16-13-15(22)9-10-17(16)28-20)18(26)25(19(27)23-21)12-8-6-5-7-11-24(3)4/h9-10,13H,5-8,11-12,14H2,1-4H3,(H,23,27). The first-order chi connectivity index (χ1) is 13.1. The highest BCUT2D eigenvalue weighted by Gasteiger charge is 2.58. The second kappa shape index (κ2) is 7.91. The molecular weight excluding hydrogens is 378 g/mol. The quantitative estimate of drug-likeness (QED) is 0.552. The highest BCUT2D eigenvalue weighted by atomic mass is 35.5. The minimum absolute atomic E-state index is 0.203. The molecular formula is C21H30ClN3O3. The van der Waals surface area contributed by atoms with Crippen LogP contribution in [0.4, 0.5) is 4.79 Å². The van der Waals surface area contributed by atoms with Gasteiger partial charge in [-0.3, -0.25) is 9.69 Å². The lowest BCUT2D eigenvalue weighted by Gasteiger charge is -2.42. The monoisotopic (exact) mass is 407 g/mol. The molecule has 0 aliphatic carbocycles. The summed E-state index contributed by atoms with van der Waals surface area (Å²) in [6.07, 6.45) is 4.39. The van der Waals surface area contributed by atoms with Gasteiger partial charge in [0.2, 0.25) is 0 Å². The van der Waals surface area contributed by atoms with E-state index in [1.54, 1.807) is 18.2 Å². The molecule has 6 nitrogen and oxygen atoms in total. The molecule has 3 rings (SSSR count). The van der Waals surface area contributed by atoms with Crippen molar-refractivity contribution in [3.63, 3.8) is 0 Å². The number of rotatable bonds is 7. The number of fused-ring (bicyclic) bond motifs is 2. The molecule has 2 aliphatic rings. The molecule has 2 aliphatic heterocycles. The van der Waals surface area contributed by atoms with E-state index in [1.807, 2.05) is 13.8 Å². The summed E-state index contributed by atoms with van der Waals surface area (Å²) in [6.45, 7) is 5.35. The van der Waals surface area contributed by atoms with E-state index in [-0.39, 0.29) is 11.9 Å². The van der Waals surface area contributed by atoms with Gasteiger partial charge in [-0.2, -0.15) is 0 Å². The van der Waals surface area contributed by atoms with Gasteiger partial charge in [-0.1, -0.05) is 24.4 Å². The minimum Gasteiger partial charge on any atom is -0.487 e. The number of halogens is 1.